The van der Waals surface area contributed by atoms with Gasteiger partial charge in [0.05, 0.1) is 18.6 Å². The van der Waals surface area contributed by atoms with E-state index < -0.39 is 15.8 Å². The molecule has 1 aromatic carbocycles. The second-order valence-electron chi connectivity index (χ2n) is 6.77. The van der Waals surface area contributed by atoms with Crippen LogP contribution < -0.4 is 4.74 Å². The molecule has 3 rings (SSSR count). The number of carbonyl (C=O) groups is 2. The molecule has 0 bridgehead atoms. The number of nitrogens with zero attached hydrogens (tertiary/aromatic N) is 1. The predicted octanol–water partition coefficient (Wildman–Crippen LogP) is 1.43. The van der Waals surface area contributed by atoms with Gasteiger partial charge in [-0.1, -0.05) is 18.2 Å². The number of methoxy groups -OCH3 is 1. The van der Waals surface area contributed by atoms with E-state index in [4.69, 9.17) is 9.47 Å². The van der Waals surface area contributed by atoms with Crippen LogP contribution in [0.2, 0.25) is 0 Å². The largest absolute Gasteiger partial charge is 0.496 e. The maximum Gasteiger partial charge on any atom is 0.331 e. The van der Waals surface area contributed by atoms with Crippen molar-refractivity contribution in [2.45, 2.75) is 31.3 Å². The molecule has 0 unspecified atom stereocenters. The number of benzene rings is 1. The first kappa shape index (κ1) is 19.4. The van der Waals surface area contributed by atoms with Gasteiger partial charge in [-0.05, 0) is 31.4 Å². The van der Waals surface area contributed by atoms with Crippen LogP contribution in [0.4, 0.5) is 0 Å². The molecule has 0 aromatic heterocycles. The molecule has 1 saturated carbocycles. The summed E-state index contributed by atoms with van der Waals surface area (Å²) in [5.41, 5.74) is 0.721. The van der Waals surface area contributed by atoms with Gasteiger partial charge in [-0.3, -0.25) is 4.79 Å². The summed E-state index contributed by atoms with van der Waals surface area (Å²) in [6.07, 6.45) is 4.99. The number of rotatable bonds is 7. The lowest BCUT2D eigenvalue weighted by atomic mass is 10.2. The number of sulfone groups is 1. The summed E-state index contributed by atoms with van der Waals surface area (Å²) < 4.78 is 33.7. The molecule has 1 saturated heterocycles. The van der Waals surface area contributed by atoms with Crippen LogP contribution >= 0.6 is 0 Å². The van der Waals surface area contributed by atoms with Crippen LogP contribution in [0.5, 0.6) is 5.75 Å². The molecule has 146 valence electrons. The Hall–Kier alpha value is -2.35. The summed E-state index contributed by atoms with van der Waals surface area (Å²) in [5.74, 6) is -0.241. The molecule has 27 heavy (non-hydrogen) atoms. The fourth-order valence-corrected chi connectivity index (χ4v) is 4.98. The van der Waals surface area contributed by atoms with E-state index in [1.165, 1.54) is 6.08 Å². The SMILES string of the molecule is COc1ccccc1/C=C/C(=O)OCC(=O)N(C1CC1)[C@H]1CCS(=O)(=O)C1. The minimum atomic E-state index is -3.08. The molecule has 1 aliphatic carbocycles. The first-order chi connectivity index (χ1) is 12.9. The molecule has 1 atom stereocenters. The normalized spacial score (nSPS) is 21.1. The fraction of sp³-hybridized carbons (Fsp3) is 0.474. The molecule has 7 nitrogen and oxygen atoms in total. The van der Waals surface area contributed by atoms with Crippen molar-refractivity contribution in [3.8, 4) is 5.75 Å². The molecule has 2 aliphatic rings. The fourth-order valence-electron chi connectivity index (χ4n) is 3.27. The Balaban J connectivity index is 1.56. The first-order valence-corrected chi connectivity index (χ1v) is 10.7. The van der Waals surface area contributed by atoms with E-state index in [-0.39, 0.29) is 36.1 Å². The number of carbonyl (C=O) groups excluding carboxylic acids is 2. The van der Waals surface area contributed by atoms with E-state index in [0.717, 1.165) is 18.4 Å². The van der Waals surface area contributed by atoms with Crippen molar-refractivity contribution in [2.24, 2.45) is 0 Å². The Morgan fingerprint density at radius 3 is 2.56 bits per heavy atom. The summed E-state index contributed by atoms with van der Waals surface area (Å²) in [7, 11) is -1.54. The summed E-state index contributed by atoms with van der Waals surface area (Å²) in [5, 5.41) is 0. The van der Waals surface area contributed by atoms with Gasteiger partial charge >= 0.3 is 5.97 Å². The summed E-state index contributed by atoms with van der Waals surface area (Å²) in [4.78, 5) is 26.1. The Morgan fingerprint density at radius 1 is 1.19 bits per heavy atom. The van der Waals surface area contributed by atoms with Gasteiger partial charge in [0.15, 0.2) is 16.4 Å². The standard InChI is InChI=1S/C19H23NO6S/c1-25-17-5-3-2-4-14(17)6-9-19(22)26-12-18(21)20(15-7-8-15)16-10-11-27(23,24)13-16/h2-6,9,15-16H,7-8,10-13H2,1H3/b9-6+/t16-/m0/s1. The number of amides is 1. The van der Waals surface area contributed by atoms with Gasteiger partial charge in [0.2, 0.25) is 0 Å². The van der Waals surface area contributed by atoms with Crippen LogP contribution in [0.1, 0.15) is 24.8 Å². The Bertz CT molecular complexity index is 844. The summed E-state index contributed by atoms with van der Waals surface area (Å²) >= 11 is 0. The topological polar surface area (TPSA) is 90.0 Å². The third-order valence-corrected chi connectivity index (χ3v) is 6.46. The third kappa shape index (κ3) is 5.09. The zero-order valence-electron chi connectivity index (χ0n) is 15.2. The molecule has 1 aliphatic heterocycles. The molecule has 1 amide bonds. The monoisotopic (exact) mass is 393 g/mol. The van der Waals surface area contributed by atoms with Crippen LogP contribution in [0.3, 0.4) is 0 Å². The first-order valence-electron chi connectivity index (χ1n) is 8.89. The van der Waals surface area contributed by atoms with Crippen molar-refractivity contribution in [3.05, 3.63) is 35.9 Å². The highest BCUT2D eigenvalue weighted by molar-refractivity contribution is 7.91. The summed E-state index contributed by atoms with van der Waals surface area (Å²) in [6.45, 7) is -0.387. The van der Waals surface area contributed by atoms with Gasteiger partial charge in [0.25, 0.3) is 5.91 Å². The smallest absolute Gasteiger partial charge is 0.331 e. The zero-order valence-corrected chi connectivity index (χ0v) is 16.0. The molecule has 2 fully saturated rings. The van der Waals surface area contributed by atoms with E-state index in [1.807, 2.05) is 12.1 Å². The van der Waals surface area contributed by atoms with Gasteiger partial charge in [0, 0.05) is 23.7 Å². The van der Waals surface area contributed by atoms with Gasteiger partial charge in [-0.2, -0.15) is 0 Å². The molecule has 0 radical (unpaired) electrons. The average molecular weight is 393 g/mol. The molecule has 0 spiro atoms. The summed E-state index contributed by atoms with van der Waals surface area (Å²) in [6, 6.07) is 6.97. The van der Waals surface area contributed by atoms with E-state index in [0.29, 0.717) is 12.2 Å². The second kappa shape index (κ2) is 8.12. The number of hydrogen-bond donors (Lipinski definition) is 0. The minimum Gasteiger partial charge on any atom is -0.496 e. The highest BCUT2D eigenvalue weighted by Gasteiger charge is 2.42. The number of ether oxygens (including phenoxy) is 2. The van der Waals surface area contributed by atoms with E-state index >= 15 is 0 Å². The van der Waals surface area contributed by atoms with Gasteiger partial charge in [0.1, 0.15) is 5.75 Å². The number of para-hydroxylation sites is 1. The predicted molar refractivity (Wildman–Crippen MR) is 99.9 cm³/mol. The van der Waals surface area contributed by atoms with Crippen LogP contribution in [-0.2, 0) is 24.2 Å². The molecular formula is C19H23NO6S. The average Bonchev–Trinajstić information content (AvgIpc) is 3.41. The van der Waals surface area contributed by atoms with Crippen molar-refractivity contribution < 1.29 is 27.5 Å². The molecule has 1 aromatic rings. The highest BCUT2D eigenvalue weighted by atomic mass is 32.2. The van der Waals surface area contributed by atoms with E-state index in [2.05, 4.69) is 0 Å². The Kier molecular flexibility index (Phi) is 5.84. The molecule has 1 heterocycles. The molecule has 8 heteroatoms. The Morgan fingerprint density at radius 2 is 1.93 bits per heavy atom. The van der Waals surface area contributed by atoms with Crippen molar-refractivity contribution >= 4 is 27.8 Å². The maximum absolute atomic E-state index is 12.5. The third-order valence-electron chi connectivity index (χ3n) is 4.71. The van der Waals surface area contributed by atoms with Crippen molar-refractivity contribution in [2.75, 3.05) is 25.2 Å². The molecular weight excluding hydrogens is 370 g/mol. The lowest BCUT2D eigenvalue weighted by Gasteiger charge is -2.28. The van der Waals surface area contributed by atoms with Crippen LogP contribution in [0.15, 0.2) is 30.3 Å². The maximum atomic E-state index is 12.5. The van der Waals surface area contributed by atoms with Crippen LogP contribution in [0, 0.1) is 0 Å². The van der Waals surface area contributed by atoms with Gasteiger partial charge in [-0.25, -0.2) is 13.2 Å². The second-order valence-corrected chi connectivity index (χ2v) is 9.00. The van der Waals surface area contributed by atoms with Gasteiger partial charge < -0.3 is 14.4 Å². The minimum absolute atomic E-state index is 0.00308. The van der Waals surface area contributed by atoms with Crippen LogP contribution in [0.25, 0.3) is 6.08 Å². The van der Waals surface area contributed by atoms with Gasteiger partial charge in [-0.15, -0.1) is 0 Å². The van der Waals surface area contributed by atoms with Crippen molar-refractivity contribution in [1.82, 2.24) is 4.90 Å². The number of esters is 1. The van der Waals surface area contributed by atoms with Crippen molar-refractivity contribution in [3.63, 3.8) is 0 Å². The quantitative estimate of drug-likeness (QED) is 0.514. The van der Waals surface area contributed by atoms with E-state index in [9.17, 15) is 18.0 Å². The zero-order chi connectivity index (χ0) is 19.4. The Labute approximate surface area is 158 Å². The number of hydrogen-bond acceptors (Lipinski definition) is 6. The lowest BCUT2D eigenvalue weighted by molar-refractivity contribution is -0.149. The lowest BCUT2D eigenvalue weighted by Crippen LogP contribution is -2.44. The van der Waals surface area contributed by atoms with E-state index in [1.54, 1.807) is 30.2 Å². The van der Waals surface area contributed by atoms with Crippen LogP contribution in [-0.4, -0.2) is 62.5 Å². The van der Waals surface area contributed by atoms with Crippen molar-refractivity contribution in [1.29, 1.82) is 0 Å². The molecule has 0 N–H and O–H groups in total. The highest BCUT2D eigenvalue weighted by Crippen LogP contribution is 2.32.